The summed E-state index contributed by atoms with van der Waals surface area (Å²) in [7, 11) is -3.03. The van der Waals surface area contributed by atoms with E-state index in [0.717, 1.165) is 0 Å². The Morgan fingerprint density at radius 3 is 1.62 bits per heavy atom. The van der Waals surface area contributed by atoms with E-state index in [4.69, 9.17) is 38.5 Å². The first-order chi connectivity index (χ1) is 20.2. The maximum atomic E-state index is 15.1. The van der Waals surface area contributed by atoms with Crippen LogP contribution in [0.3, 0.4) is 0 Å². The largest absolute Gasteiger partial charge is 0.496 e. The minimum Gasteiger partial charge on any atom is -0.496 e. The van der Waals surface area contributed by atoms with Gasteiger partial charge in [0.15, 0.2) is 28.7 Å². The first-order valence-electron chi connectivity index (χ1n) is 13.9. The van der Waals surface area contributed by atoms with Crippen molar-refractivity contribution in [2.75, 3.05) is 33.5 Å². The normalized spacial score (nSPS) is 12.5. The molecule has 0 amide bonds. The molecule has 0 radical (unpaired) electrons. The molecule has 2 N–H and O–H groups in total. The van der Waals surface area contributed by atoms with Crippen LogP contribution in [0.2, 0.25) is 0 Å². The van der Waals surface area contributed by atoms with Crippen LogP contribution in [0.4, 0.5) is 0 Å². The summed E-state index contributed by atoms with van der Waals surface area (Å²) in [5.41, 5.74) is 5.71. The Kier molecular flexibility index (Phi) is 11.9. The molecule has 0 saturated heterocycles. The number of rotatable bonds is 17. The number of Topliss-reactive ketones (excluding diaryl/α,β-unsaturated/α-hetero) is 1. The third-order valence-electron chi connectivity index (χ3n) is 6.10. The van der Waals surface area contributed by atoms with Crippen LogP contribution in [0.1, 0.15) is 46.2 Å². The third kappa shape index (κ3) is 7.89. The van der Waals surface area contributed by atoms with Crippen molar-refractivity contribution in [2.24, 2.45) is 5.73 Å². The zero-order valence-corrected chi connectivity index (χ0v) is 25.8. The van der Waals surface area contributed by atoms with Gasteiger partial charge < -0.3 is 38.5 Å². The number of carbonyl (C=O) groups is 1. The lowest BCUT2D eigenvalue weighted by Gasteiger charge is -2.31. The molecule has 228 valence electrons. The summed E-state index contributed by atoms with van der Waals surface area (Å²) >= 11 is 0. The summed E-state index contributed by atoms with van der Waals surface area (Å²) in [6.07, 6.45) is 0. The number of benzene rings is 3. The number of hydrogen-bond donors (Lipinski definition) is 1. The molecule has 2 atom stereocenters. The smallest absolute Gasteiger partial charge is 0.443 e. The van der Waals surface area contributed by atoms with Crippen molar-refractivity contribution in [3.8, 4) is 40.2 Å². The van der Waals surface area contributed by atoms with Gasteiger partial charge in [0.1, 0.15) is 23.0 Å². The Morgan fingerprint density at radius 1 is 0.714 bits per heavy atom. The molecule has 0 saturated carbocycles. The highest BCUT2D eigenvalue weighted by molar-refractivity contribution is 7.56. The summed E-state index contributed by atoms with van der Waals surface area (Å²) in [6.45, 7) is 10.1. The molecule has 3 aromatic carbocycles. The first kappa shape index (κ1) is 32.6. The fourth-order valence-corrected chi connectivity index (χ4v) is 6.48. The maximum absolute atomic E-state index is 15.1. The van der Waals surface area contributed by atoms with E-state index in [9.17, 15) is 4.79 Å². The van der Waals surface area contributed by atoms with Gasteiger partial charge >= 0.3 is 7.60 Å². The number of ketones is 1. The lowest BCUT2D eigenvalue weighted by atomic mass is 10.0. The lowest BCUT2D eigenvalue weighted by molar-refractivity contribution is -0.117. The number of para-hydroxylation sites is 1. The van der Waals surface area contributed by atoms with Crippen molar-refractivity contribution in [1.82, 2.24) is 0 Å². The van der Waals surface area contributed by atoms with Gasteiger partial charge in [-0.3, -0.25) is 4.79 Å². The van der Waals surface area contributed by atoms with Crippen LogP contribution in [0, 0.1) is 0 Å². The fourth-order valence-electron chi connectivity index (χ4n) is 4.37. The zero-order valence-electron chi connectivity index (χ0n) is 25.0. The molecule has 0 heterocycles. The van der Waals surface area contributed by atoms with Gasteiger partial charge in [-0.1, -0.05) is 18.2 Å². The molecule has 0 aliphatic heterocycles. The Hall–Kier alpha value is -3.88. The van der Waals surface area contributed by atoms with Crippen molar-refractivity contribution in [1.29, 1.82) is 0 Å². The SMILES string of the molecule is CCOc1ccc(OP(=O)(Oc2ccc(OCC)cc2OCC)C(C(C)=O)C(N)c2ccccc2OC)c(OCC)c1. The van der Waals surface area contributed by atoms with E-state index < -0.39 is 25.1 Å². The first-order valence-corrected chi connectivity index (χ1v) is 15.5. The molecule has 0 aliphatic rings. The topological polar surface area (TPSA) is 125 Å². The van der Waals surface area contributed by atoms with E-state index in [1.54, 1.807) is 74.5 Å². The molecule has 11 heteroatoms. The zero-order chi connectivity index (χ0) is 30.7. The van der Waals surface area contributed by atoms with E-state index in [1.807, 2.05) is 13.8 Å². The van der Waals surface area contributed by atoms with Gasteiger partial charge in [-0.25, -0.2) is 4.57 Å². The number of hydrogen-bond acceptors (Lipinski definition) is 10. The highest BCUT2D eigenvalue weighted by atomic mass is 31.2. The second-order valence-corrected chi connectivity index (χ2v) is 11.0. The summed E-state index contributed by atoms with van der Waals surface area (Å²) in [5, 5.41) is 0. The van der Waals surface area contributed by atoms with Gasteiger partial charge in [0, 0.05) is 17.7 Å². The third-order valence-corrected chi connectivity index (χ3v) is 8.37. The molecule has 0 spiro atoms. The Bertz CT molecular complexity index is 1310. The summed E-state index contributed by atoms with van der Waals surface area (Å²) in [6, 6.07) is 15.5. The quantitative estimate of drug-likeness (QED) is 0.169. The Labute approximate surface area is 247 Å². The highest BCUT2D eigenvalue weighted by Crippen LogP contribution is 2.59. The number of ether oxygens (including phenoxy) is 5. The molecule has 0 bridgehead atoms. The predicted octanol–water partition coefficient (Wildman–Crippen LogP) is 6.60. The maximum Gasteiger partial charge on any atom is 0.443 e. The number of nitrogens with two attached hydrogens (primary N) is 1. The van der Waals surface area contributed by atoms with Crippen LogP contribution in [0.15, 0.2) is 60.7 Å². The van der Waals surface area contributed by atoms with E-state index in [1.165, 1.54) is 14.0 Å². The van der Waals surface area contributed by atoms with Crippen LogP contribution < -0.4 is 38.5 Å². The van der Waals surface area contributed by atoms with Gasteiger partial charge in [-0.15, -0.1) is 0 Å². The van der Waals surface area contributed by atoms with Crippen LogP contribution in [0.25, 0.3) is 0 Å². The van der Waals surface area contributed by atoms with Crippen molar-refractivity contribution in [3.05, 3.63) is 66.2 Å². The fraction of sp³-hybridized carbons (Fsp3) is 0.387. The average molecular weight is 602 g/mol. The Balaban J connectivity index is 2.20. The molecule has 0 fully saturated rings. The molecular weight excluding hydrogens is 561 g/mol. The second kappa shape index (κ2) is 15.4. The summed E-state index contributed by atoms with van der Waals surface area (Å²) in [5.74, 6) is 1.68. The van der Waals surface area contributed by atoms with Crippen LogP contribution in [0.5, 0.6) is 40.2 Å². The van der Waals surface area contributed by atoms with Crippen LogP contribution in [-0.4, -0.2) is 45.0 Å². The number of carbonyl (C=O) groups excluding carboxylic acids is 1. The second-order valence-electron chi connectivity index (χ2n) is 8.99. The molecule has 2 unspecified atom stereocenters. The standard InChI is InChI=1S/C31H40NO9P/c1-7-36-22-15-17-26(28(19-22)38-9-3)40-42(34,41-27-18-16-23(37-8-2)20-29(27)39-10-4)31(21(5)33)30(32)24-13-11-12-14-25(24)35-6/h11-20,30-31H,7-10,32H2,1-6H3. The van der Waals surface area contributed by atoms with E-state index in [0.29, 0.717) is 49.2 Å². The average Bonchev–Trinajstić information content (AvgIpc) is 2.96. The summed E-state index contributed by atoms with van der Waals surface area (Å²) < 4.78 is 55.7. The molecule has 0 aromatic heterocycles. The lowest BCUT2D eigenvalue weighted by Crippen LogP contribution is -2.35. The van der Waals surface area contributed by atoms with Crippen molar-refractivity contribution in [3.63, 3.8) is 0 Å². The van der Waals surface area contributed by atoms with Crippen molar-refractivity contribution in [2.45, 2.75) is 46.3 Å². The van der Waals surface area contributed by atoms with E-state index in [-0.39, 0.29) is 23.0 Å². The minimum atomic E-state index is -4.52. The molecule has 0 aliphatic carbocycles. The van der Waals surface area contributed by atoms with Gasteiger partial charge in [0.2, 0.25) is 0 Å². The Morgan fingerprint density at radius 2 is 1.19 bits per heavy atom. The predicted molar refractivity (Wildman–Crippen MR) is 161 cm³/mol. The number of methoxy groups -OCH3 is 1. The van der Waals surface area contributed by atoms with Gasteiger partial charge in [0.05, 0.1) is 39.6 Å². The van der Waals surface area contributed by atoms with Crippen molar-refractivity contribution >= 4 is 13.4 Å². The van der Waals surface area contributed by atoms with Crippen molar-refractivity contribution < 1.29 is 42.1 Å². The monoisotopic (exact) mass is 601 g/mol. The van der Waals surface area contributed by atoms with Crippen LogP contribution >= 0.6 is 7.60 Å². The summed E-state index contributed by atoms with van der Waals surface area (Å²) in [4.78, 5) is 13.3. The molecule has 10 nitrogen and oxygen atoms in total. The molecular formula is C31H40NO9P. The molecule has 3 aromatic rings. The van der Waals surface area contributed by atoms with Crippen LogP contribution in [-0.2, 0) is 9.36 Å². The van der Waals surface area contributed by atoms with E-state index in [2.05, 4.69) is 0 Å². The highest BCUT2D eigenvalue weighted by Gasteiger charge is 2.48. The minimum absolute atomic E-state index is 0.0889. The van der Waals surface area contributed by atoms with Gasteiger partial charge in [-0.05, 0) is 65.0 Å². The van der Waals surface area contributed by atoms with E-state index >= 15 is 4.57 Å². The van der Waals surface area contributed by atoms with Gasteiger partial charge in [-0.2, -0.15) is 0 Å². The van der Waals surface area contributed by atoms with Gasteiger partial charge in [0.25, 0.3) is 0 Å². The molecule has 3 rings (SSSR count). The molecule has 42 heavy (non-hydrogen) atoms.